The van der Waals surface area contributed by atoms with E-state index in [9.17, 15) is 14.4 Å². The summed E-state index contributed by atoms with van der Waals surface area (Å²) in [5, 5.41) is 0. The van der Waals surface area contributed by atoms with Gasteiger partial charge in [-0.2, -0.15) is 0 Å². The molecule has 16 heavy (non-hydrogen) atoms. The minimum Gasteiger partial charge on any atom is -0.392 e. The van der Waals surface area contributed by atoms with Gasteiger partial charge in [0, 0.05) is 6.42 Å². The third-order valence-electron chi connectivity index (χ3n) is 1.82. The van der Waals surface area contributed by atoms with Gasteiger partial charge in [0.05, 0.1) is 6.42 Å². The first-order chi connectivity index (χ1) is 7.32. The molecule has 0 bridgehead atoms. The molecule has 0 aromatic carbocycles. The second-order valence-corrected chi connectivity index (χ2v) is 4.00. The van der Waals surface area contributed by atoms with Crippen LogP contribution in [0.1, 0.15) is 33.1 Å². The van der Waals surface area contributed by atoms with Gasteiger partial charge in [0.25, 0.3) is 0 Å². The molecule has 0 spiro atoms. The average Bonchev–Trinajstić information content (AvgIpc) is 2.13. The van der Waals surface area contributed by atoms with Gasteiger partial charge in [-0.05, 0) is 12.3 Å². The number of esters is 2. The van der Waals surface area contributed by atoms with E-state index in [0.29, 0.717) is 6.42 Å². The van der Waals surface area contributed by atoms with E-state index in [-0.39, 0.29) is 18.8 Å². The first-order valence-electron chi connectivity index (χ1n) is 5.11. The average molecular weight is 230 g/mol. The molecule has 0 heterocycles. The zero-order chi connectivity index (χ0) is 12.7. The first kappa shape index (κ1) is 14.6. The standard InChI is InChI=1S/C10H18N2O4/c1-6(2)5-7(11)10(15)16-9(14)4-3-8(12)13/h6-7H,3-5,11H2,1-2H3,(H2,12,13)/t7-/m0/s1. The highest BCUT2D eigenvalue weighted by Gasteiger charge is 2.19. The maximum Gasteiger partial charge on any atom is 0.330 e. The van der Waals surface area contributed by atoms with Gasteiger partial charge >= 0.3 is 11.9 Å². The number of hydrogen-bond acceptors (Lipinski definition) is 5. The lowest BCUT2D eigenvalue weighted by Gasteiger charge is -2.11. The predicted octanol–water partition coefficient (Wildman–Crippen LogP) is -0.305. The largest absolute Gasteiger partial charge is 0.392 e. The van der Waals surface area contributed by atoms with E-state index in [1.165, 1.54) is 0 Å². The zero-order valence-corrected chi connectivity index (χ0v) is 9.56. The third-order valence-corrected chi connectivity index (χ3v) is 1.82. The SMILES string of the molecule is CC(C)C[C@H](N)C(=O)OC(=O)CCC(N)=O. The smallest absolute Gasteiger partial charge is 0.330 e. The summed E-state index contributed by atoms with van der Waals surface area (Å²) in [6.45, 7) is 3.81. The number of carbonyl (C=O) groups excluding carboxylic acids is 3. The summed E-state index contributed by atoms with van der Waals surface area (Å²) in [5.74, 6) is -1.91. The highest BCUT2D eigenvalue weighted by atomic mass is 16.6. The summed E-state index contributed by atoms with van der Waals surface area (Å²) in [6, 6.07) is -0.808. The topological polar surface area (TPSA) is 112 Å². The van der Waals surface area contributed by atoms with Crippen LogP contribution >= 0.6 is 0 Å². The van der Waals surface area contributed by atoms with Crippen LogP contribution in [0.2, 0.25) is 0 Å². The second kappa shape index (κ2) is 6.95. The number of amides is 1. The summed E-state index contributed by atoms with van der Waals surface area (Å²) in [4.78, 5) is 32.7. The molecular formula is C10H18N2O4. The van der Waals surface area contributed by atoms with E-state index >= 15 is 0 Å². The molecule has 0 rings (SSSR count). The second-order valence-electron chi connectivity index (χ2n) is 4.00. The Morgan fingerprint density at radius 2 is 1.75 bits per heavy atom. The Labute approximate surface area is 94.3 Å². The lowest BCUT2D eigenvalue weighted by molar-refractivity contribution is -0.161. The molecule has 0 saturated heterocycles. The van der Waals surface area contributed by atoms with Gasteiger partial charge in [0.15, 0.2) is 0 Å². The van der Waals surface area contributed by atoms with Crippen molar-refractivity contribution in [2.75, 3.05) is 0 Å². The molecule has 0 aromatic rings. The van der Waals surface area contributed by atoms with Gasteiger partial charge < -0.3 is 16.2 Å². The van der Waals surface area contributed by atoms with E-state index in [2.05, 4.69) is 4.74 Å². The fourth-order valence-electron chi connectivity index (χ4n) is 1.07. The normalized spacial score (nSPS) is 12.2. The fraction of sp³-hybridized carbons (Fsp3) is 0.700. The highest BCUT2D eigenvalue weighted by molar-refractivity contribution is 5.89. The molecule has 0 unspecified atom stereocenters. The van der Waals surface area contributed by atoms with Gasteiger partial charge in [0.1, 0.15) is 6.04 Å². The number of ether oxygens (including phenoxy) is 1. The van der Waals surface area contributed by atoms with E-state index in [1.54, 1.807) is 0 Å². The van der Waals surface area contributed by atoms with Crippen molar-refractivity contribution >= 4 is 17.8 Å². The lowest BCUT2D eigenvalue weighted by Crippen LogP contribution is -2.35. The van der Waals surface area contributed by atoms with Crippen molar-refractivity contribution in [3.05, 3.63) is 0 Å². The summed E-state index contributed by atoms with van der Waals surface area (Å²) in [7, 11) is 0. The molecule has 6 nitrogen and oxygen atoms in total. The zero-order valence-electron chi connectivity index (χ0n) is 9.56. The Hall–Kier alpha value is -1.43. The van der Waals surface area contributed by atoms with Crippen molar-refractivity contribution in [3.63, 3.8) is 0 Å². The number of hydrogen-bond donors (Lipinski definition) is 2. The van der Waals surface area contributed by atoms with Gasteiger partial charge in [-0.15, -0.1) is 0 Å². The molecule has 0 saturated carbocycles. The van der Waals surface area contributed by atoms with Crippen molar-refractivity contribution in [2.24, 2.45) is 17.4 Å². The number of primary amides is 1. The molecule has 6 heteroatoms. The van der Waals surface area contributed by atoms with E-state index < -0.39 is 23.9 Å². The van der Waals surface area contributed by atoms with Gasteiger partial charge in [0.2, 0.25) is 5.91 Å². The number of rotatable bonds is 6. The Morgan fingerprint density at radius 3 is 2.19 bits per heavy atom. The molecule has 0 fully saturated rings. The highest BCUT2D eigenvalue weighted by Crippen LogP contribution is 2.04. The van der Waals surface area contributed by atoms with Crippen LogP contribution in [0.25, 0.3) is 0 Å². The Kier molecular flexibility index (Phi) is 6.32. The summed E-state index contributed by atoms with van der Waals surface area (Å²) < 4.78 is 4.45. The Morgan fingerprint density at radius 1 is 1.19 bits per heavy atom. The van der Waals surface area contributed by atoms with Crippen LogP contribution in [0.3, 0.4) is 0 Å². The molecule has 4 N–H and O–H groups in total. The molecule has 0 aromatic heterocycles. The van der Waals surface area contributed by atoms with Crippen molar-refractivity contribution < 1.29 is 19.1 Å². The summed E-state index contributed by atoms with van der Waals surface area (Å²) >= 11 is 0. The fourth-order valence-corrected chi connectivity index (χ4v) is 1.07. The van der Waals surface area contributed by atoms with Crippen LogP contribution in [-0.2, 0) is 19.1 Å². The van der Waals surface area contributed by atoms with Crippen molar-refractivity contribution in [2.45, 2.75) is 39.2 Å². The molecular weight excluding hydrogens is 212 g/mol. The van der Waals surface area contributed by atoms with Gasteiger partial charge in [-0.25, -0.2) is 4.79 Å². The van der Waals surface area contributed by atoms with Gasteiger partial charge in [-0.3, -0.25) is 9.59 Å². The predicted molar refractivity (Wildman–Crippen MR) is 57.0 cm³/mol. The maximum absolute atomic E-state index is 11.2. The van der Waals surface area contributed by atoms with Crippen LogP contribution in [0, 0.1) is 5.92 Å². The minimum atomic E-state index is -0.808. The Balaban J connectivity index is 3.94. The number of carbonyl (C=O) groups is 3. The molecule has 0 aliphatic carbocycles. The van der Waals surface area contributed by atoms with Gasteiger partial charge in [-0.1, -0.05) is 13.8 Å². The first-order valence-corrected chi connectivity index (χ1v) is 5.11. The van der Waals surface area contributed by atoms with E-state index in [4.69, 9.17) is 11.5 Å². The molecule has 1 atom stereocenters. The molecule has 1 amide bonds. The monoisotopic (exact) mass is 230 g/mol. The van der Waals surface area contributed by atoms with Crippen molar-refractivity contribution in [1.82, 2.24) is 0 Å². The molecule has 0 aliphatic heterocycles. The third kappa shape index (κ3) is 6.94. The maximum atomic E-state index is 11.2. The summed E-state index contributed by atoms with van der Waals surface area (Å²) in [6.07, 6.45) is 0.114. The number of nitrogens with two attached hydrogens (primary N) is 2. The van der Waals surface area contributed by atoms with Crippen LogP contribution in [-0.4, -0.2) is 23.9 Å². The van der Waals surface area contributed by atoms with E-state index in [0.717, 1.165) is 0 Å². The Bertz CT molecular complexity index is 276. The van der Waals surface area contributed by atoms with Crippen LogP contribution in [0.15, 0.2) is 0 Å². The van der Waals surface area contributed by atoms with Crippen LogP contribution in [0.5, 0.6) is 0 Å². The summed E-state index contributed by atoms with van der Waals surface area (Å²) in [5.41, 5.74) is 10.3. The molecule has 0 aliphatic rings. The van der Waals surface area contributed by atoms with E-state index in [1.807, 2.05) is 13.8 Å². The molecule has 92 valence electrons. The van der Waals surface area contributed by atoms with Crippen LogP contribution < -0.4 is 11.5 Å². The lowest BCUT2D eigenvalue weighted by atomic mass is 10.1. The quantitative estimate of drug-likeness (QED) is 0.480. The van der Waals surface area contributed by atoms with Crippen LogP contribution in [0.4, 0.5) is 0 Å². The minimum absolute atomic E-state index is 0.133. The van der Waals surface area contributed by atoms with Crippen molar-refractivity contribution in [1.29, 1.82) is 0 Å². The molecule has 0 radical (unpaired) electrons. The van der Waals surface area contributed by atoms with Crippen molar-refractivity contribution in [3.8, 4) is 0 Å².